The number of hydrogen-bond donors (Lipinski definition) is 1. The van der Waals surface area contributed by atoms with Gasteiger partial charge in [0.2, 0.25) is 5.91 Å². The second kappa shape index (κ2) is 6.49. The van der Waals surface area contributed by atoms with Crippen molar-refractivity contribution in [3.63, 3.8) is 0 Å². The molecule has 1 aromatic rings. The standard InChI is InChI=1S/C17H15N3O4/c1-24-12-6-4-5-11(9-12)10-18-15(21)14-16(22)19-13-7-2-3-8-20(13)17(14)23/h2-9,14H,10H2,1H3,(H,18,21). The van der Waals surface area contributed by atoms with E-state index >= 15 is 0 Å². The Hall–Kier alpha value is -3.22. The molecular formula is C17H15N3O4. The zero-order chi connectivity index (χ0) is 17.1. The van der Waals surface area contributed by atoms with Gasteiger partial charge in [-0.2, -0.15) is 4.99 Å². The monoisotopic (exact) mass is 325 g/mol. The number of ether oxygens (including phenoxy) is 1. The number of amidine groups is 1. The third kappa shape index (κ3) is 2.96. The predicted octanol–water partition coefficient (Wildman–Crippen LogP) is 0.778. The quantitative estimate of drug-likeness (QED) is 0.829. The van der Waals surface area contributed by atoms with Crippen LogP contribution in [-0.2, 0) is 20.9 Å². The molecular weight excluding hydrogens is 310 g/mol. The smallest absolute Gasteiger partial charge is 0.269 e. The molecule has 0 aromatic heterocycles. The summed E-state index contributed by atoms with van der Waals surface area (Å²) in [7, 11) is 1.55. The van der Waals surface area contributed by atoms with Crippen LogP contribution in [0.15, 0.2) is 53.7 Å². The maximum Gasteiger partial charge on any atom is 0.269 e. The number of carbonyl (C=O) groups is 3. The van der Waals surface area contributed by atoms with Gasteiger partial charge in [0.05, 0.1) is 7.11 Å². The number of rotatable bonds is 4. The zero-order valence-electron chi connectivity index (χ0n) is 12.9. The first kappa shape index (κ1) is 15.7. The van der Waals surface area contributed by atoms with Gasteiger partial charge < -0.3 is 10.1 Å². The van der Waals surface area contributed by atoms with E-state index in [1.807, 2.05) is 6.07 Å². The fourth-order valence-corrected chi connectivity index (χ4v) is 2.43. The van der Waals surface area contributed by atoms with Gasteiger partial charge in [-0.05, 0) is 29.8 Å². The van der Waals surface area contributed by atoms with Gasteiger partial charge in [-0.1, -0.05) is 18.2 Å². The number of carbonyl (C=O) groups excluding carboxylic acids is 3. The highest BCUT2D eigenvalue weighted by Crippen LogP contribution is 2.18. The Labute approximate surface area is 138 Å². The van der Waals surface area contributed by atoms with E-state index in [4.69, 9.17) is 4.74 Å². The maximum absolute atomic E-state index is 12.4. The van der Waals surface area contributed by atoms with Crippen LogP contribution in [0, 0.1) is 5.92 Å². The Kier molecular flexibility index (Phi) is 4.24. The summed E-state index contributed by atoms with van der Waals surface area (Å²) in [5.74, 6) is -2.60. The van der Waals surface area contributed by atoms with Gasteiger partial charge in [0.15, 0.2) is 5.92 Å². The Morgan fingerprint density at radius 1 is 1.33 bits per heavy atom. The molecule has 24 heavy (non-hydrogen) atoms. The zero-order valence-corrected chi connectivity index (χ0v) is 12.9. The van der Waals surface area contributed by atoms with E-state index in [0.717, 1.165) is 5.56 Å². The summed E-state index contributed by atoms with van der Waals surface area (Å²) in [6, 6.07) is 7.14. The average Bonchev–Trinajstić information content (AvgIpc) is 2.60. The van der Waals surface area contributed by atoms with Crippen LogP contribution in [0.4, 0.5) is 0 Å². The number of nitrogens with zero attached hydrogens (tertiary/aromatic N) is 2. The summed E-state index contributed by atoms with van der Waals surface area (Å²) in [6.45, 7) is 0.180. The van der Waals surface area contributed by atoms with E-state index < -0.39 is 23.6 Å². The molecule has 0 saturated heterocycles. The average molecular weight is 325 g/mol. The van der Waals surface area contributed by atoms with Crippen molar-refractivity contribution in [1.29, 1.82) is 0 Å². The number of nitrogens with one attached hydrogen (secondary N) is 1. The van der Waals surface area contributed by atoms with Crippen LogP contribution >= 0.6 is 0 Å². The highest BCUT2D eigenvalue weighted by Gasteiger charge is 2.41. The lowest BCUT2D eigenvalue weighted by Gasteiger charge is -2.27. The van der Waals surface area contributed by atoms with E-state index in [-0.39, 0.29) is 12.4 Å². The first-order valence-corrected chi connectivity index (χ1v) is 7.31. The lowest BCUT2D eigenvalue weighted by atomic mass is 10.0. The molecule has 1 N–H and O–H groups in total. The van der Waals surface area contributed by atoms with Gasteiger partial charge in [-0.25, -0.2) is 0 Å². The molecule has 122 valence electrons. The van der Waals surface area contributed by atoms with Crippen molar-refractivity contribution < 1.29 is 19.1 Å². The number of hydrogen-bond acceptors (Lipinski definition) is 4. The molecule has 0 bridgehead atoms. The van der Waals surface area contributed by atoms with Crippen LogP contribution in [0.1, 0.15) is 5.56 Å². The van der Waals surface area contributed by atoms with Crippen LogP contribution in [0.2, 0.25) is 0 Å². The Balaban J connectivity index is 1.71. The van der Waals surface area contributed by atoms with Gasteiger partial charge in [0.25, 0.3) is 11.8 Å². The van der Waals surface area contributed by atoms with Crippen LogP contribution in [-0.4, -0.2) is 35.6 Å². The second-order valence-electron chi connectivity index (χ2n) is 5.22. The summed E-state index contributed by atoms with van der Waals surface area (Å²) < 4.78 is 5.11. The molecule has 3 amide bonds. The van der Waals surface area contributed by atoms with Crippen molar-refractivity contribution in [2.24, 2.45) is 10.9 Å². The maximum atomic E-state index is 12.4. The fourth-order valence-electron chi connectivity index (χ4n) is 2.43. The molecule has 0 aliphatic carbocycles. The van der Waals surface area contributed by atoms with Crippen molar-refractivity contribution in [2.75, 3.05) is 7.11 Å². The highest BCUT2D eigenvalue weighted by atomic mass is 16.5. The van der Waals surface area contributed by atoms with E-state index in [0.29, 0.717) is 5.75 Å². The summed E-state index contributed by atoms with van der Waals surface area (Å²) in [5.41, 5.74) is 0.795. The normalized spacial score (nSPS) is 19.0. The molecule has 0 saturated carbocycles. The second-order valence-corrected chi connectivity index (χ2v) is 5.22. The molecule has 1 atom stereocenters. The summed E-state index contributed by atoms with van der Waals surface area (Å²) in [5, 5.41) is 2.60. The molecule has 2 heterocycles. The number of aliphatic imine (C=N–C) groups is 1. The van der Waals surface area contributed by atoms with Crippen molar-refractivity contribution >= 4 is 23.6 Å². The van der Waals surface area contributed by atoms with Gasteiger partial charge in [0, 0.05) is 12.7 Å². The molecule has 2 aliphatic rings. The molecule has 7 nitrogen and oxygen atoms in total. The summed E-state index contributed by atoms with van der Waals surface area (Å²) in [4.78, 5) is 41.7. The molecule has 0 radical (unpaired) electrons. The van der Waals surface area contributed by atoms with Gasteiger partial charge in [-0.3, -0.25) is 19.3 Å². The number of allylic oxidation sites excluding steroid dienone is 2. The van der Waals surface area contributed by atoms with Crippen LogP contribution < -0.4 is 10.1 Å². The third-order valence-electron chi connectivity index (χ3n) is 3.66. The first-order valence-electron chi connectivity index (χ1n) is 7.31. The molecule has 1 aromatic carbocycles. The van der Waals surface area contributed by atoms with Gasteiger partial charge in [0.1, 0.15) is 11.6 Å². The molecule has 0 spiro atoms. The van der Waals surface area contributed by atoms with Crippen LogP contribution in [0.5, 0.6) is 5.75 Å². The minimum atomic E-state index is -1.46. The SMILES string of the molecule is COc1cccc(CNC(=O)C2C(=O)N=C3C=CC=CN3C2=O)c1. The highest BCUT2D eigenvalue weighted by molar-refractivity contribution is 6.27. The minimum absolute atomic E-state index is 0.180. The third-order valence-corrected chi connectivity index (χ3v) is 3.66. The first-order chi connectivity index (χ1) is 11.6. The predicted molar refractivity (Wildman–Crippen MR) is 85.9 cm³/mol. The van der Waals surface area contributed by atoms with Crippen LogP contribution in [0.3, 0.4) is 0 Å². The summed E-state index contributed by atoms with van der Waals surface area (Å²) in [6.07, 6.45) is 6.33. The molecule has 1 unspecified atom stereocenters. The van der Waals surface area contributed by atoms with E-state index in [1.54, 1.807) is 43.5 Å². The Bertz CT molecular complexity index is 795. The topological polar surface area (TPSA) is 88.1 Å². The van der Waals surface area contributed by atoms with Crippen molar-refractivity contribution in [3.8, 4) is 5.75 Å². The number of benzene rings is 1. The molecule has 3 rings (SSSR count). The Morgan fingerprint density at radius 2 is 2.17 bits per heavy atom. The van der Waals surface area contributed by atoms with E-state index in [1.165, 1.54) is 11.1 Å². The lowest BCUT2D eigenvalue weighted by Crippen LogP contribution is -2.50. The summed E-state index contributed by atoms with van der Waals surface area (Å²) >= 11 is 0. The van der Waals surface area contributed by atoms with E-state index in [9.17, 15) is 14.4 Å². The number of methoxy groups -OCH3 is 1. The van der Waals surface area contributed by atoms with E-state index in [2.05, 4.69) is 10.3 Å². The van der Waals surface area contributed by atoms with Crippen molar-refractivity contribution in [1.82, 2.24) is 10.2 Å². The number of fused-ring (bicyclic) bond motifs is 1. The number of amides is 3. The van der Waals surface area contributed by atoms with Crippen molar-refractivity contribution in [2.45, 2.75) is 6.54 Å². The lowest BCUT2D eigenvalue weighted by molar-refractivity contribution is -0.144. The molecule has 2 aliphatic heterocycles. The van der Waals surface area contributed by atoms with Crippen LogP contribution in [0.25, 0.3) is 0 Å². The fraction of sp³-hybridized carbons (Fsp3) is 0.176. The van der Waals surface area contributed by atoms with Gasteiger partial charge >= 0.3 is 0 Å². The Morgan fingerprint density at radius 3 is 2.96 bits per heavy atom. The van der Waals surface area contributed by atoms with Gasteiger partial charge in [-0.15, -0.1) is 0 Å². The largest absolute Gasteiger partial charge is 0.497 e. The van der Waals surface area contributed by atoms with Crippen molar-refractivity contribution in [3.05, 3.63) is 54.3 Å². The molecule has 0 fully saturated rings. The molecule has 7 heteroatoms. The minimum Gasteiger partial charge on any atom is -0.497 e.